The first-order chi connectivity index (χ1) is 10.7. The highest BCUT2D eigenvalue weighted by Gasteiger charge is 2.45. The molecule has 2 aromatic heterocycles. The highest BCUT2D eigenvalue weighted by Crippen LogP contribution is 2.48. The highest BCUT2D eigenvalue weighted by molar-refractivity contribution is 5.51. The van der Waals surface area contributed by atoms with Crippen LogP contribution in [0.2, 0.25) is 0 Å². The molecule has 1 saturated carbocycles. The van der Waals surface area contributed by atoms with E-state index in [1.807, 2.05) is 19.3 Å². The molecule has 1 aliphatic rings. The van der Waals surface area contributed by atoms with E-state index in [0.29, 0.717) is 11.7 Å². The van der Waals surface area contributed by atoms with Gasteiger partial charge >= 0.3 is 0 Å². The van der Waals surface area contributed by atoms with E-state index in [1.54, 1.807) is 23.0 Å². The lowest BCUT2D eigenvalue weighted by Gasteiger charge is -2.38. The summed E-state index contributed by atoms with van der Waals surface area (Å²) in [6.07, 6.45) is 6.39. The van der Waals surface area contributed by atoms with Gasteiger partial charge < -0.3 is 4.52 Å². The lowest BCUT2D eigenvalue weighted by Crippen LogP contribution is -2.35. The van der Waals surface area contributed by atoms with Gasteiger partial charge in [0, 0.05) is 13.2 Å². The molecular weight excluding hydrogens is 283 g/mol. The number of aryl methyl sites for hydroxylation is 1. The van der Waals surface area contributed by atoms with Crippen molar-refractivity contribution in [3.05, 3.63) is 53.9 Å². The van der Waals surface area contributed by atoms with Crippen molar-refractivity contribution in [3.63, 3.8) is 0 Å². The molecule has 4 rings (SSSR count). The van der Waals surface area contributed by atoms with Gasteiger partial charge in [-0.2, -0.15) is 10.1 Å². The smallest absolute Gasteiger partial charge is 0.237 e. The van der Waals surface area contributed by atoms with E-state index < -0.39 is 0 Å². The molecule has 1 aromatic carbocycles. The van der Waals surface area contributed by atoms with Gasteiger partial charge in [0.25, 0.3) is 0 Å². The van der Waals surface area contributed by atoms with Crippen LogP contribution in [0.4, 0.5) is 4.39 Å². The maximum Gasteiger partial charge on any atom is 0.237 e. The molecule has 2 heterocycles. The largest absolute Gasteiger partial charge is 0.338 e. The third-order valence-corrected chi connectivity index (χ3v) is 4.38. The zero-order valence-corrected chi connectivity index (χ0v) is 12.2. The minimum absolute atomic E-state index is 0.240. The van der Waals surface area contributed by atoms with Crippen LogP contribution < -0.4 is 0 Å². The summed E-state index contributed by atoms with van der Waals surface area (Å²) in [5.41, 5.74) is 1.36. The highest BCUT2D eigenvalue weighted by atomic mass is 19.1. The minimum atomic E-state index is -0.352. The molecule has 0 bridgehead atoms. The maximum absolute atomic E-state index is 13.6. The van der Waals surface area contributed by atoms with Gasteiger partial charge in [-0.15, -0.1) is 0 Å². The minimum Gasteiger partial charge on any atom is -0.338 e. The molecule has 1 aliphatic carbocycles. The third kappa shape index (κ3) is 1.94. The van der Waals surface area contributed by atoms with Gasteiger partial charge in [-0.05, 0) is 30.5 Å². The van der Waals surface area contributed by atoms with Crippen molar-refractivity contribution in [1.29, 1.82) is 0 Å². The summed E-state index contributed by atoms with van der Waals surface area (Å²) in [6, 6.07) is 6.66. The Morgan fingerprint density at radius 1 is 1.32 bits per heavy atom. The normalized spacial score (nSPS) is 16.5. The second-order valence-corrected chi connectivity index (χ2v) is 5.77. The summed E-state index contributed by atoms with van der Waals surface area (Å²) in [5.74, 6) is 0.838. The molecule has 5 nitrogen and oxygen atoms in total. The second kappa shape index (κ2) is 4.76. The fourth-order valence-electron chi connectivity index (χ4n) is 3.01. The summed E-state index contributed by atoms with van der Waals surface area (Å²) in [5, 5.41) is 8.18. The van der Waals surface area contributed by atoms with E-state index >= 15 is 0 Å². The molecule has 0 saturated heterocycles. The van der Waals surface area contributed by atoms with Crippen LogP contribution in [0.5, 0.6) is 0 Å². The summed E-state index contributed by atoms with van der Waals surface area (Å²) < 4.78 is 20.8. The number of aromatic nitrogens is 4. The van der Waals surface area contributed by atoms with Crippen molar-refractivity contribution in [2.45, 2.75) is 24.7 Å². The maximum atomic E-state index is 13.6. The van der Waals surface area contributed by atoms with Gasteiger partial charge in [0.1, 0.15) is 5.82 Å². The van der Waals surface area contributed by atoms with Crippen LogP contribution in [0.3, 0.4) is 0 Å². The van der Waals surface area contributed by atoms with Crippen molar-refractivity contribution in [2.24, 2.45) is 7.05 Å². The van der Waals surface area contributed by atoms with Gasteiger partial charge in [0.15, 0.2) is 0 Å². The summed E-state index contributed by atoms with van der Waals surface area (Å²) in [4.78, 5) is 4.54. The van der Waals surface area contributed by atoms with Crippen molar-refractivity contribution in [2.75, 3.05) is 0 Å². The first-order valence-corrected chi connectivity index (χ1v) is 7.27. The van der Waals surface area contributed by atoms with Crippen LogP contribution in [0, 0.1) is 5.82 Å². The summed E-state index contributed by atoms with van der Waals surface area (Å²) in [6.45, 7) is 0. The molecule has 0 amide bonds. The number of hydrogen-bond donors (Lipinski definition) is 0. The Labute approximate surface area is 126 Å². The molecule has 0 aliphatic heterocycles. The van der Waals surface area contributed by atoms with Gasteiger partial charge in [-0.3, -0.25) is 4.68 Å². The van der Waals surface area contributed by atoms with Crippen LogP contribution in [0.25, 0.3) is 11.4 Å². The molecule has 0 radical (unpaired) electrons. The molecule has 0 unspecified atom stereocenters. The summed E-state index contributed by atoms with van der Waals surface area (Å²) in [7, 11) is 1.84. The quantitative estimate of drug-likeness (QED) is 0.745. The number of halogens is 1. The predicted molar refractivity (Wildman–Crippen MR) is 77.5 cm³/mol. The first kappa shape index (κ1) is 13.2. The van der Waals surface area contributed by atoms with Crippen LogP contribution in [-0.4, -0.2) is 19.9 Å². The Kier molecular flexibility index (Phi) is 2.85. The van der Waals surface area contributed by atoms with Crippen molar-refractivity contribution in [3.8, 4) is 11.4 Å². The second-order valence-electron chi connectivity index (χ2n) is 5.77. The molecular formula is C16H15FN4O. The number of nitrogens with zero attached hydrogens (tertiary/aromatic N) is 4. The predicted octanol–water partition coefficient (Wildman–Crippen LogP) is 3.08. The number of benzene rings is 1. The Bertz CT molecular complexity index is 819. The van der Waals surface area contributed by atoms with Crippen molar-refractivity contribution >= 4 is 0 Å². The molecule has 0 spiro atoms. The molecule has 0 atom stereocenters. The third-order valence-electron chi connectivity index (χ3n) is 4.38. The van der Waals surface area contributed by atoms with Crippen LogP contribution in [0.15, 0.2) is 41.2 Å². The average Bonchev–Trinajstić information content (AvgIpc) is 3.07. The van der Waals surface area contributed by atoms with Crippen LogP contribution >= 0.6 is 0 Å². The van der Waals surface area contributed by atoms with Crippen LogP contribution in [0.1, 0.15) is 30.7 Å². The van der Waals surface area contributed by atoms with Gasteiger partial charge in [0.05, 0.1) is 17.2 Å². The Morgan fingerprint density at radius 2 is 2.18 bits per heavy atom. The van der Waals surface area contributed by atoms with Gasteiger partial charge in [-0.25, -0.2) is 4.39 Å². The van der Waals surface area contributed by atoms with E-state index in [0.717, 1.165) is 30.4 Å². The Morgan fingerprint density at radius 3 is 2.82 bits per heavy atom. The Hall–Kier alpha value is -2.50. The van der Waals surface area contributed by atoms with E-state index in [1.165, 1.54) is 6.07 Å². The SMILES string of the molecule is Cn1cc(-c2noc(C3(c4cccc(F)c4)CCC3)n2)cn1. The zero-order chi connectivity index (χ0) is 15.2. The Balaban J connectivity index is 1.75. The standard InChI is InChI=1S/C16H15FN4O/c1-21-10-11(9-18-21)14-19-15(22-20-14)16(6-3-7-16)12-4-2-5-13(17)8-12/h2,4-5,8-10H,3,6-7H2,1H3. The lowest BCUT2D eigenvalue weighted by molar-refractivity contribution is 0.216. The lowest BCUT2D eigenvalue weighted by atomic mass is 9.64. The van der Waals surface area contributed by atoms with Crippen LogP contribution in [-0.2, 0) is 12.5 Å². The fraction of sp³-hybridized carbons (Fsp3) is 0.312. The van der Waals surface area contributed by atoms with E-state index in [-0.39, 0.29) is 11.2 Å². The van der Waals surface area contributed by atoms with Crippen molar-refractivity contribution in [1.82, 2.24) is 19.9 Å². The molecule has 3 aromatic rings. The monoisotopic (exact) mass is 298 g/mol. The molecule has 0 N–H and O–H groups in total. The number of rotatable bonds is 3. The van der Waals surface area contributed by atoms with E-state index in [2.05, 4.69) is 15.2 Å². The van der Waals surface area contributed by atoms with Gasteiger partial charge in [-0.1, -0.05) is 23.7 Å². The fourth-order valence-corrected chi connectivity index (χ4v) is 3.01. The molecule has 6 heteroatoms. The topological polar surface area (TPSA) is 56.7 Å². The van der Waals surface area contributed by atoms with E-state index in [9.17, 15) is 4.39 Å². The zero-order valence-electron chi connectivity index (χ0n) is 12.2. The first-order valence-electron chi connectivity index (χ1n) is 7.27. The van der Waals surface area contributed by atoms with Gasteiger partial charge in [0.2, 0.25) is 11.7 Å². The van der Waals surface area contributed by atoms with E-state index in [4.69, 9.17) is 4.52 Å². The average molecular weight is 298 g/mol. The van der Waals surface area contributed by atoms with Crippen molar-refractivity contribution < 1.29 is 8.91 Å². The number of hydrogen-bond acceptors (Lipinski definition) is 4. The molecule has 1 fully saturated rings. The molecule has 112 valence electrons. The molecule has 22 heavy (non-hydrogen) atoms. The summed E-state index contributed by atoms with van der Waals surface area (Å²) >= 11 is 0.